The Hall–Kier alpha value is -2.01. The highest BCUT2D eigenvalue weighted by atomic mass is 32.1. The standard InChI is InChI=1S/C10H15N.C8H14N2.C8H13NS/c1-8-6-5-7-9(11-8)10(2,3)4;1-8(2,3)7-5-6-10(4)9-7;1-6-5-10-7(9-6)8(2,3)4/h5-7H,1-4H3;5-6H,1-4H3;5H,1-4H3. The fourth-order valence-electron chi connectivity index (χ4n) is 2.47. The third kappa shape index (κ3) is 9.77. The molecule has 0 saturated heterocycles. The van der Waals surface area contributed by atoms with Crippen molar-refractivity contribution in [1.29, 1.82) is 0 Å². The first-order valence-electron chi connectivity index (χ1n) is 10.9. The molecule has 0 amide bonds. The number of pyridine rings is 1. The summed E-state index contributed by atoms with van der Waals surface area (Å²) >= 11 is 1.75. The van der Waals surface area contributed by atoms with Crippen LogP contribution in [0.5, 0.6) is 0 Å². The second-order valence-corrected chi connectivity index (χ2v) is 11.9. The molecule has 3 aromatic heterocycles. The van der Waals surface area contributed by atoms with Crippen molar-refractivity contribution in [3.05, 3.63) is 63.6 Å². The molecule has 0 radical (unpaired) electrons. The third-order valence-corrected chi connectivity index (χ3v) is 5.79. The van der Waals surface area contributed by atoms with Crippen LogP contribution in [0.1, 0.15) is 90.1 Å². The number of rotatable bonds is 0. The first kappa shape index (κ1) is 27.0. The normalized spacial score (nSPS) is 11.9. The Balaban J connectivity index is 0.000000233. The van der Waals surface area contributed by atoms with Gasteiger partial charge in [0.15, 0.2) is 0 Å². The summed E-state index contributed by atoms with van der Waals surface area (Å²) in [6.07, 6.45) is 1.97. The fraction of sp³-hybridized carbons (Fsp3) is 0.577. The summed E-state index contributed by atoms with van der Waals surface area (Å²) < 4.78 is 1.83. The summed E-state index contributed by atoms with van der Waals surface area (Å²) in [5.74, 6) is 0. The average molecular weight is 443 g/mol. The van der Waals surface area contributed by atoms with Crippen LogP contribution in [0.25, 0.3) is 0 Å². The maximum absolute atomic E-state index is 4.44. The topological polar surface area (TPSA) is 43.6 Å². The summed E-state index contributed by atoms with van der Waals surface area (Å²) in [5, 5.41) is 7.62. The summed E-state index contributed by atoms with van der Waals surface area (Å²) in [7, 11) is 1.94. The second kappa shape index (κ2) is 10.5. The molecular formula is C26H42N4S. The van der Waals surface area contributed by atoms with Crippen LogP contribution >= 0.6 is 11.3 Å². The molecule has 31 heavy (non-hydrogen) atoms. The van der Waals surface area contributed by atoms with Gasteiger partial charge in [-0.1, -0.05) is 68.4 Å². The van der Waals surface area contributed by atoms with Gasteiger partial charge in [-0.05, 0) is 32.0 Å². The molecule has 0 bridgehead atoms. The van der Waals surface area contributed by atoms with E-state index in [0.29, 0.717) is 0 Å². The Morgan fingerprint density at radius 1 is 0.710 bits per heavy atom. The number of nitrogens with zero attached hydrogens (tertiary/aromatic N) is 4. The Bertz CT molecular complexity index is 881. The zero-order valence-corrected chi connectivity index (χ0v) is 22.5. The predicted molar refractivity (Wildman–Crippen MR) is 135 cm³/mol. The Morgan fingerprint density at radius 3 is 1.55 bits per heavy atom. The van der Waals surface area contributed by atoms with Crippen molar-refractivity contribution >= 4 is 11.3 Å². The van der Waals surface area contributed by atoms with Crippen molar-refractivity contribution in [2.75, 3.05) is 0 Å². The molecule has 0 spiro atoms. The minimum absolute atomic E-state index is 0.173. The van der Waals surface area contributed by atoms with Crippen molar-refractivity contribution in [3.8, 4) is 0 Å². The van der Waals surface area contributed by atoms with Gasteiger partial charge in [0, 0.05) is 52.0 Å². The molecule has 3 aromatic rings. The zero-order valence-electron chi connectivity index (χ0n) is 21.7. The van der Waals surface area contributed by atoms with Crippen molar-refractivity contribution in [2.24, 2.45) is 7.05 Å². The molecule has 0 N–H and O–H groups in total. The molecule has 3 heterocycles. The summed E-state index contributed by atoms with van der Waals surface area (Å²) in [4.78, 5) is 8.84. The van der Waals surface area contributed by atoms with Gasteiger partial charge in [0.1, 0.15) is 0 Å². The van der Waals surface area contributed by atoms with Gasteiger partial charge in [0.05, 0.1) is 10.7 Å². The minimum atomic E-state index is 0.173. The number of hydrogen-bond donors (Lipinski definition) is 0. The van der Waals surface area contributed by atoms with Crippen molar-refractivity contribution in [1.82, 2.24) is 19.7 Å². The minimum Gasteiger partial charge on any atom is -0.276 e. The van der Waals surface area contributed by atoms with E-state index in [-0.39, 0.29) is 16.2 Å². The van der Waals surface area contributed by atoms with Crippen LogP contribution in [-0.2, 0) is 23.3 Å². The summed E-state index contributed by atoms with van der Waals surface area (Å²) in [6.45, 7) is 23.6. The van der Waals surface area contributed by atoms with E-state index >= 15 is 0 Å². The van der Waals surface area contributed by atoms with Crippen LogP contribution in [0.4, 0.5) is 0 Å². The molecule has 0 aliphatic carbocycles. The SMILES string of the molecule is Cc1cccc(C(C)(C)C)n1.Cc1csc(C(C)(C)C)n1.Cn1ccc(C(C)(C)C)n1. The molecule has 5 heteroatoms. The van der Waals surface area contributed by atoms with E-state index in [0.717, 1.165) is 22.8 Å². The Kier molecular flexibility index (Phi) is 9.19. The van der Waals surface area contributed by atoms with Gasteiger partial charge in [0.2, 0.25) is 0 Å². The third-order valence-electron chi connectivity index (χ3n) is 4.40. The molecule has 0 unspecified atom stereocenters. The van der Waals surface area contributed by atoms with Gasteiger partial charge in [-0.15, -0.1) is 11.3 Å². The molecular weight excluding hydrogens is 400 g/mol. The van der Waals surface area contributed by atoms with Crippen LogP contribution in [0, 0.1) is 13.8 Å². The van der Waals surface area contributed by atoms with Crippen molar-refractivity contribution < 1.29 is 0 Å². The van der Waals surface area contributed by atoms with E-state index in [9.17, 15) is 0 Å². The van der Waals surface area contributed by atoms with E-state index in [1.165, 1.54) is 5.01 Å². The van der Waals surface area contributed by atoms with E-state index in [2.05, 4.69) is 101 Å². The first-order valence-corrected chi connectivity index (χ1v) is 11.7. The smallest absolute Gasteiger partial charge is 0.0981 e. The molecule has 0 fully saturated rings. The van der Waals surface area contributed by atoms with Gasteiger partial charge in [0.25, 0.3) is 0 Å². The van der Waals surface area contributed by atoms with Crippen LogP contribution in [0.15, 0.2) is 35.8 Å². The molecule has 0 aromatic carbocycles. The van der Waals surface area contributed by atoms with E-state index < -0.39 is 0 Å². The number of aryl methyl sites for hydroxylation is 3. The number of thiazole rings is 1. The molecule has 4 nitrogen and oxygen atoms in total. The highest BCUT2D eigenvalue weighted by Crippen LogP contribution is 2.25. The predicted octanol–water partition coefficient (Wildman–Crippen LogP) is 7.15. The van der Waals surface area contributed by atoms with Crippen LogP contribution < -0.4 is 0 Å². The molecule has 0 saturated carbocycles. The molecule has 172 valence electrons. The molecule has 3 rings (SSSR count). The summed E-state index contributed by atoms with van der Waals surface area (Å²) in [6, 6.07) is 8.21. The lowest BCUT2D eigenvalue weighted by molar-refractivity contribution is 0.553. The van der Waals surface area contributed by atoms with Crippen molar-refractivity contribution in [3.63, 3.8) is 0 Å². The Labute approximate surface area is 194 Å². The fourth-order valence-corrected chi connectivity index (χ4v) is 3.36. The van der Waals surface area contributed by atoms with Gasteiger partial charge in [-0.25, -0.2) is 4.98 Å². The van der Waals surface area contributed by atoms with Gasteiger partial charge in [-0.3, -0.25) is 9.67 Å². The van der Waals surface area contributed by atoms with E-state index in [1.54, 1.807) is 11.3 Å². The molecule has 0 atom stereocenters. The second-order valence-electron chi connectivity index (χ2n) is 11.1. The largest absolute Gasteiger partial charge is 0.276 e. The Morgan fingerprint density at radius 2 is 1.29 bits per heavy atom. The van der Waals surface area contributed by atoms with Crippen LogP contribution in [0.3, 0.4) is 0 Å². The lowest BCUT2D eigenvalue weighted by Crippen LogP contribution is -2.13. The highest BCUT2D eigenvalue weighted by molar-refractivity contribution is 7.09. The van der Waals surface area contributed by atoms with Gasteiger partial charge in [-0.2, -0.15) is 5.10 Å². The quantitative estimate of drug-likeness (QED) is 0.371. The first-order chi connectivity index (χ1) is 14.0. The number of aromatic nitrogens is 4. The van der Waals surface area contributed by atoms with Crippen LogP contribution in [0.2, 0.25) is 0 Å². The van der Waals surface area contributed by atoms with E-state index in [4.69, 9.17) is 0 Å². The molecule has 0 aliphatic rings. The summed E-state index contributed by atoms with van der Waals surface area (Å²) in [5.41, 5.74) is 5.12. The zero-order chi connectivity index (χ0) is 24.0. The monoisotopic (exact) mass is 442 g/mol. The lowest BCUT2D eigenvalue weighted by Gasteiger charge is -2.17. The maximum Gasteiger partial charge on any atom is 0.0981 e. The van der Waals surface area contributed by atoms with E-state index in [1.807, 2.05) is 37.8 Å². The van der Waals surface area contributed by atoms with Gasteiger partial charge < -0.3 is 0 Å². The average Bonchev–Trinajstić information content (AvgIpc) is 3.23. The van der Waals surface area contributed by atoms with Crippen molar-refractivity contribution in [2.45, 2.75) is 92.4 Å². The van der Waals surface area contributed by atoms with Crippen LogP contribution in [-0.4, -0.2) is 19.7 Å². The lowest BCUT2D eigenvalue weighted by atomic mass is 9.91. The number of hydrogen-bond acceptors (Lipinski definition) is 4. The van der Waals surface area contributed by atoms with Gasteiger partial charge >= 0.3 is 0 Å². The highest BCUT2D eigenvalue weighted by Gasteiger charge is 2.17. The maximum atomic E-state index is 4.44. The molecule has 0 aliphatic heterocycles.